The van der Waals surface area contributed by atoms with Gasteiger partial charge in [0.05, 0.1) is 6.54 Å². The number of hydrogen-bond donors (Lipinski definition) is 2. The molecular formula is C12H13N5OS. The first-order valence-corrected chi connectivity index (χ1v) is 6.77. The van der Waals surface area contributed by atoms with Crippen LogP contribution in [0, 0.1) is 0 Å². The van der Waals surface area contributed by atoms with Crippen LogP contribution in [0.5, 0.6) is 5.75 Å². The zero-order chi connectivity index (χ0) is 12.9. The molecule has 1 aliphatic heterocycles. The molecule has 1 aromatic heterocycles. The third-order valence-electron chi connectivity index (χ3n) is 2.47. The van der Waals surface area contributed by atoms with Crippen LogP contribution in [0.3, 0.4) is 0 Å². The average Bonchev–Trinajstić information content (AvgIpc) is 3.10. The van der Waals surface area contributed by atoms with Gasteiger partial charge in [-0.2, -0.15) is 0 Å². The Bertz CT molecular complexity index is 569. The third-order valence-corrected chi connectivity index (χ3v) is 3.28. The number of rotatable bonds is 4. The molecule has 0 radical (unpaired) electrons. The van der Waals surface area contributed by atoms with Crippen LogP contribution in [0.2, 0.25) is 0 Å². The summed E-state index contributed by atoms with van der Waals surface area (Å²) in [7, 11) is 0. The number of benzene rings is 1. The molecule has 2 N–H and O–H groups in total. The van der Waals surface area contributed by atoms with E-state index in [9.17, 15) is 0 Å². The third kappa shape index (κ3) is 3.19. The van der Waals surface area contributed by atoms with Gasteiger partial charge in [0, 0.05) is 6.54 Å². The molecule has 2 aromatic rings. The van der Waals surface area contributed by atoms with Crippen molar-refractivity contribution in [2.75, 3.05) is 18.4 Å². The maximum Gasteiger partial charge on any atom is 0.212 e. The fourth-order valence-electron chi connectivity index (χ4n) is 1.61. The molecule has 1 aromatic carbocycles. The van der Waals surface area contributed by atoms with Crippen molar-refractivity contribution < 1.29 is 4.74 Å². The summed E-state index contributed by atoms with van der Waals surface area (Å²) in [6.07, 6.45) is 0. The molecule has 2 heterocycles. The summed E-state index contributed by atoms with van der Waals surface area (Å²) in [5.74, 6) is 1.58. The number of anilines is 1. The van der Waals surface area contributed by atoms with Gasteiger partial charge in [-0.15, -0.1) is 10.2 Å². The van der Waals surface area contributed by atoms with Gasteiger partial charge in [-0.1, -0.05) is 29.5 Å². The van der Waals surface area contributed by atoms with E-state index in [4.69, 9.17) is 4.74 Å². The molecule has 7 heteroatoms. The summed E-state index contributed by atoms with van der Waals surface area (Å²) < 4.78 is 5.61. The van der Waals surface area contributed by atoms with Crippen LogP contribution < -0.4 is 15.4 Å². The van der Waals surface area contributed by atoms with E-state index in [2.05, 4.69) is 25.8 Å². The number of aliphatic imine (C=N–C) groups is 1. The number of para-hydroxylation sites is 1. The zero-order valence-corrected chi connectivity index (χ0v) is 11.0. The zero-order valence-electron chi connectivity index (χ0n) is 10.2. The molecule has 0 spiro atoms. The Morgan fingerprint density at radius 2 is 2.16 bits per heavy atom. The quantitative estimate of drug-likeness (QED) is 0.884. The molecule has 0 unspecified atom stereocenters. The molecule has 0 fully saturated rings. The molecule has 98 valence electrons. The van der Waals surface area contributed by atoms with Crippen LogP contribution >= 0.6 is 11.3 Å². The highest BCUT2D eigenvalue weighted by atomic mass is 32.1. The van der Waals surface area contributed by atoms with Crippen molar-refractivity contribution in [2.45, 2.75) is 6.61 Å². The van der Waals surface area contributed by atoms with E-state index >= 15 is 0 Å². The van der Waals surface area contributed by atoms with Crippen LogP contribution in [0.4, 0.5) is 5.13 Å². The van der Waals surface area contributed by atoms with Gasteiger partial charge in [0.1, 0.15) is 12.4 Å². The first-order chi connectivity index (χ1) is 9.40. The predicted octanol–water partition coefficient (Wildman–Crippen LogP) is 1.49. The molecule has 0 saturated carbocycles. The minimum atomic E-state index is 0.420. The van der Waals surface area contributed by atoms with E-state index in [1.165, 1.54) is 11.3 Å². The summed E-state index contributed by atoms with van der Waals surface area (Å²) in [5.41, 5.74) is 0. The Balaban J connectivity index is 1.56. The van der Waals surface area contributed by atoms with E-state index in [0.717, 1.165) is 34.9 Å². The lowest BCUT2D eigenvalue weighted by molar-refractivity contribution is 0.304. The second-order valence-electron chi connectivity index (χ2n) is 3.88. The van der Waals surface area contributed by atoms with Gasteiger partial charge in [0.2, 0.25) is 5.13 Å². The van der Waals surface area contributed by atoms with Crippen molar-refractivity contribution in [3.05, 3.63) is 35.3 Å². The summed E-state index contributed by atoms with van der Waals surface area (Å²) in [6.45, 7) is 2.08. The van der Waals surface area contributed by atoms with Crippen molar-refractivity contribution in [3.63, 3.8) is 0 Å². The Morgan fingerprint density at radius 1 is 1.26 bits per heavy atom. The normalized spacial score (nSPS) is 13.8. The second kappa shape index (κ2) is 5.66. The Hall–Kier alpha value is -2.15. The maximum atomic E-state index is 5.61. The van der Waals surface area contributed by atoms with Crippen molar-refractivity contribution in [2.24, 2.45) is 4.99 Å². The van der Waals surface area contributed by atoms with E-state index in [-0.39, 0.29) is 0 Å². The van der Waals surface area contributed by atoms with Crippen molar-refractivity contribution >= 4 is 22.4 Å². The highest BCUT2D eigenvalue weighted by molar-refractivity contribution is 7.15. The number of guanidine groups is 1. The first kappa shape index (κ1) is 11.9. The lowest BCUT2D eigenvalue weighted by atomic mass is 10.3. The van der Waals surface area contributed by atoms with E-state index in [1.807, 2.05) is 30.3 Å². The van der Waals surface area contributed by atoms with Gasteiger partial charge in [-0.05, 0) is 12.1 Å². The summed E-state index contributed by atoms with van der Waals surface area (Å²) in [5, 5.41) is 15.9. The van der Waals surface area contributed by atoms with Crippen LogP contribution in [0.1, 0.15) is 5.01 Å². The second-order valence-corrected chi connectivity index (χ2v) is 4.95. The molecule has 0 aliphatic carbocycles. The Morgan fingerprint density at radius 3 is 2.95 bits per heavy atom. The van der Waals surface area contributed by atoms with Crippen LogP contribution in [0.25, 0.3) is 0 Å². The highest BCUT2D eigenvalue weighted by Gasteiger charge is 2.09. The van der Waals surface area contributed by atoms with Gasteiger partial charge in [-0.3, -0.25) is 4.99 Å². The number of ether oxygens (including phenoxy) is 1. The first-order valence-electron chi connectivity index (χ1n) is 5.96. The van der Waals surface area contributed by atoms with Crippen LogP contribution in [0.15, 0.2) is 35.3 Å². The molecule has 0 amide bonds. The minimum absolute atomic E-state index is 0.420. The predicted molar refractivity (Wildman–Crippen MR) is 74.6 cm³/mol. The largest absolute Gasteiger partial charge is 0.486 e. The van der Waals surface area contributed by atoms with Crippen molar-refractivity contribution in [3.8, 4) is 5.75 Å². The van der Waals surface area contributed by atoms with Gasteiger partial charge in [0.25, 0.3) is 0 Å². The fourth-order valence-corrected chi connectivity index (χ4v) is 2.26. The van der Waals surface area contributed by atoms with Crippen LogP contribution in [-0.4, -0.2) is 29.2 Å². The van der Waals surface area contributed by atoms with E-state index in [0.29, 0.717) is 6.61 Å². The Kier molecular flexibility index (Phi) is 3.55. The lowest BCUT2D eigenvalue weighted by Gasteiger charge is -2.02. The number of hydrogen-bond acceptors (Lipinski definition) is 7. The average molecular weight is 275 g/mol. The fraction of sp³-hybridized carbons (Fsp3) is 0.250. The SMILES string of the molecule is c1ccc(OCc2nnc(NC3=NCCN3)s2)cc1. The van der Waals surface area contributed by atoms with E-state index in [1.54, 1.807) is 0 Å². The van der Waals surface area contributed by atoms with E-state index < -0.39 is 0 Å². The lowest BCUT2D eigenvalue weighted by Crippen LogP contribution is -2.26. The molecule has 0 saturated heterocycles. The van der Waals surface area contributed by atoms with Gasteiger partial charge < -0.3 is 15.4 Å². The molecule has 1 aliphatic rings. The summed E-state index contributed by atoms with van der Waals surface area (Å²) >= 11 is 1.46. The molecule has 19 heavy (non-hydrogen) atoms. The smallest absolute Gasteiger partial charge is 0.212 e. The molecular weight excluding hydrogens is 262 g/mol. The highest BCUT2D eigenvalue weighted by Crippen LogP contribution is 2.18. The van der Waals surface area contributed by atoms with Crippen LogP contribution in [-0.2, 0) is 6.61 Å². The molecule has 0 atom stereocenters. The molecule has 6 nitrogen and oxygen atoms in total. The van der Waals surface area contributed by atoms with Gasteiger partial charge in [0.15, 0.2) is 11.0 Å². The number of nitrogens with one attached hydrogen (secondary N) is 2. The molecule has 3 rings (SSSR count). The topological polar surface area (TPSA) is 71.4 Å². The number of nitrogens with zero attached hydrogens (tertiary/aromatic N) is 3. The Labute approximate surface area is 114 Å². The van der Waals surface area contributed by atoms with Gasteiger partial charge >= 0.3 is 0 Å². The number of aromatic nitrogens is 2. The minimum Gasteiger partial charge on any atom is -0.486 e. The maximum absolute atomic E-state index is 5.61. The summed E-state index contributed by atoms with van der Waals surface area (Å²) in [4.78, 5) is 4.24. The van der Waals surface area contributed by atoms with Crippen molar-refractivity contribution in [1.82, 2.24) is 15.5 Å². The summed E-state index contributed by atoms with van der Waals surface area (Å²) in [6, 6.07) is 9.66. The van der Waals surface area contributed by atoms with Gasteiger partial charge in [-0.25, -0.2) is 0 Å². The van der Waals surface area contributed by atoms with Crippen molar-refractivity contribution in [1.29, 1.82) is 0 Å². The molecule has 0 bridgehead atoms. The monoisotopic (exact) mass is 275 g/mol. The standard InChI is InChI=1S/C12H13N5OS/c1-2-4-9(5-3-1)18-8-10-16-17-12(19-10)15-11-13-6-7-14-11/h1-5H,6-8H2,(H2,13,14,15,17).